The zero-order valence-corrected chi connectivity index (χ0v) is 16.4. The molecule has 25 heavy (non-hydrogen) atoms. The van der Waals surface area contributed by atoms with Crippen LogP contribution >= 0.6 is 35.0 Å². The predicted molar refractivity (Wildman–Crippen MR) is 106 cm³/mol. The number of rotatable bonds is 6. The van der Waals surface area contributed by atoms with Gasteiger partial charge in [0.1, 0.15) is 0 Å². The topological polar surface area (TPSA) is 30.7 Å². The van der Waals surface area contributed by atoms with E-state index in [9.17, 15) is 0 Å². The Morgan fingerprint density at radius 3 is 2.44 bits per heavy atom. The molecule has 130 valence electrons. The van der Waals surface area contributed by atoms with E-state index in [1.54, 1.807) is 11.8 Å². The molecule has 0 aliphatic carbocycles. The highest BCUT2D eigenvalue weighted by Crippen LogP contribution is 2.28. The van der Waals surface area contributed by atoms with Crippen LogP contribution in [0, 0.1) is 5.92 Å². The number of aromatic nitrogens is 3. The quantitative estimate of drug-likeness (QED) is 0.468. The molecular formula is C19H19Cl2N3S. The number of hydrogen-bond acceptors (Lipinski definition) is 3. The van der Waals surface area contributed by atoms with Crippen LogP contribution in [0.25, 0.3) is 11.4 Å². The monoisotopic (exact) mass is 391 g/mol. The summed E-state index contributed by atoms with van der Waals surface area (Å²) in [6.45, 7) is 5.25. The van der Waals surface area contributed by atoms with Crippen molar-refractivity contribution in [2.75, 3.05) is 0 Å². The fourth-order valence-corrected chi connectivity index (χ4v) is 3.74. The van der Waals surface area contributed by atoms with Crippen LogP contribution in [0.5, 0.6) is 0 Å². The van der Waals surface area contributed by atoms with Crippen molar-refractivity contribution in [2.45, 2.75) is 31.3 Å². The van der Waals surface area contributed by atoms with E-state index in [2.05, 4.69) is 34.7 Å². The molecule has 6 heteroatoms. The molecule has 0 spiro atoms. The number of halogens is 2. The Balaban J connectivity index is 1.87. The number of hydrogen-bond donors (Lipinski definition) is 0. The van der Waals surface area contributed by atoms with Crippen molar-refractivity contribution in [3.63, 3.8) is 0 Å². The Bertz CT molecular complexity index is 844. The molecule has 0 bridgehead atoms. The molecule has 0 unspecified atom stereocenters. The highest BCUT2D eigenvalue weighted by atomic mass is 35.5. The third-order valence-corrected chi connectivity index (χ3v) is 5.15. The molecule has 0 N–H and O–H groups in total. The summed E-state index contributed by atoms with van der Waals surface area (Å²) in [5, 5.41) is 11.2. The summed E-state index contributed by atoms with van der Waals surface area (Å²) in [5.74, 6) is 2.17. The van der Waals surface area contributed by atoms with Gasteiger partial charge in [0.15, 0.2) is 11.0 Å². The summed E-state index contributed by atoms with van der Waals surface area (Å²) in [6.07, 6.45) is 0. The van der Waals surface area contributed by atoms with Crippen LogP contribution in [0.1, 0.15) is 19.4 Å². The Morgan fingerprint density at radius 1 is 1.00 bits per heavy atom. The van der Waals surface area contributed by atoms with Crippen LogP contribution in [-0.4, -0.2) is 14.8 Å². The highest BCUT2D eigenvalue weighted by Gasteiger charge is 2.15. The van der Waals surface area contributed by atoms with Crippen LogP contribution in [0.4, 0.5) is 0 Å². The first-order valence-corrected chi connectivity index (χ1v) is 9.83. The van der Waals surface area contributed by atoms with E-state index in [0.717, 1.165) is 33.9 Å². The molecule has 3 nitrogen and oxygen atoms in total. The lowest BCUT2D eigenvalue weighted by Crippen LogP contribution is -2.07. The van der Waals surface area contributed by atoms with Gasteiger partial charge in [-0.15, -0.1) is 10.2 Å². The van der Waals surface area contributed by atoms with Gasteiger partial charge in [-0.2, -0.15) is 0 Å². The zero-order valence-electron chi connectivity index (χ0n) is 14.1. The van der Waals surface area contributed by atoms with E-state index >= 15 is 0 Å². The van der Waals surface area contributed by atoms with Gasteiger partial charge in [-0.1, -0.05) is 60.9 Å². The summed E-state index contributed by atoms with van der Waals surface area (Å²) in [6, 6.07) is 15.6. The fourth-order valence-electron chi connectivity index (χ4n) is 2.51. The molecule has 0 radical (unpaired) electrons. The van der Waals surface area contributed by atoms with Gasteiger partial charge in [0.25, 0.3) is 0 Å². The SMILES string of the molecule is CC(C)Cn1c(SCc2cccc(Cl)c2)nnc1-c1ccc(Cl)cc1. The van der Waals surface area contributed by atoms with Crippen molar-refractivity contribution < 1.29 is 0 Å². The van der Waals surface area contributed by atoms with Crippen molar-refractivity contribution in [2.24, 2.45) is 5.92 Å². The van der Waals surface area contributed by atoms with E-state index in [1.807, 2.05) is 42.5 Å². The first-order valence-electron chi connectivity index (χ1n) is 8.09. The maximum atomic E-state index is 6.07. The van der Waals surface area contributed by atoms with Crippen LogP contribution < -0.4 is 0 Å². The third-order valence-electron chi connectivity index (χ3n) is 3.62. The second-order valence-corrected chi connectivity index (χ2v) is 8.05. The molecule has 1 aromatic heterocycles. The molecule has 3 rings (SSSR count). The molecule has 0 fully saturated rings. The summed E-state index contributed by atoms with van der Waals surface area (Å²) < 4.78 is 2.18. The maximum Gasteiger partial charge on any atom is 0.191 e. The van der Waals surface area contributed by atoms with E-state index in [-0.39, 0.29) is 0 Å². The number of nitrogens with zero attached hydrogens (tertiary/aromatic N) is 3. The van der Waals surface area contributed by atoms with E-state index in [4.69, 9.17) is 23.2 Å². The average molecular weight is 392 g/mol. The summed E-state index contributed by atoms with van der Waals surface area (Å²) in [4.78, 5) is 0. The van der Waals surface area contributed by atoms with E-state index in [1.165, 1.54) is 5.56 Å². The predicted octanol–water partition coefficient (Wildman–Crippen LogP) is 6.20. The molecule has 0 saturated carbocycles. The normalized spacial score (nSPS) is 11.2. The largest absolute Gasteiger partial charge is 0.302 e. The van der Waals surface area contributed by atoms with E-state index in [0.29, 0.717) is 10.9 Å². The van der Waals surface area contributed by atoms with Crippen molar-refractivity contribution in [1.82, 2.24) is 14.8 Å². The average Bonchev–Trinajstić information content (AvgIpc) is 2.96. The molecule has 0 atom stereocenters. The lowest BCUT2D eigenvalue weighted by atomic mass is 10.2. The van der Waals surface area contributed by atoms with Gasteiger partial charge in [0.05, 0.1) is 0 Å². The van der Waals surface area contributed by atoms with Crippen molar-refractivity contribution in [3.05, 3.63) is 64.1 Å². The Labute approximate surface area is 162 Å². The van der Waals surface area contributed by atoms with Gasteiger partial charge in [-0.3, -0.25) is 0 Å². The van der Waals surface area contributed by atoms with Gasteiger partial charge in [-0.05, 0) is 47.9 Å². The minimum atomic E-state index is 0.493. The van der Waals surface area contributed by atoms with Crippen LogP contribution in [0.15, 0.2) is 53.7 Å². The molecule has 0 aliphatic heterocycles. The second kappa shape index (κ2) is 8.26. The molecule has 3 aromatic rings. The first-order chi connectivity index (χ1) is 12.0. The first kappa shape index (κ1) is 18.3. The summed E-state index contributed by atoms with van der Waals surface area (Å²) in [7, 11) is 0. The standard InChI is InChI=1S/C19H19Cl2N3S/c1-13(2)11-24-18(15-6-8-16(20)9-7-15)22-23-19(24)25-12-14-4-3-5-17(21)10-14/h3-10,13H,11-12H2,1-2H3. The van der Waals surface area contributed by atoms with Crippen LogP contribution in [0.2, 0.25) is 10.0 Å². The number of benzene rings is 2. The zero-order chi connectivity index (χ0) is 17.8. The van der Waals surface area contributed by atoms with Crippen molar-refractivity contribution in [3.8, 4) is 11.4 Å². The van der Waals surface area contributed by atoms with Gasteiger partial charge in [0, 0.05) is 27.9 Å². The Morgan fingerprint density at radius 2 is 1.76 bits per heavy atom. The third kappa shape index (κ3) is 4.78. The fraction of sp³-hybridized carbons (Fsp3) is 0.263. The second-order valence-electron chi connectivity index (χ2n) is 6.24. The summed E-state index contributed by atoms with van der Waals surface area (Å²) >= 11 is 13.7. The molecule has 2 aromatic carbocycles. The van der Waals surface area contributed by atoms with E-state index < -0.39 is 0 Å². The van der Waals surface area contributed by atoms with Gasteiger partial charge in [0.2, 0.25) is 0 Å². The Hall–Kier alpha value is -1.49. The molecule has 0 aliphatic rings. The van der Waals surface area contributed by atoms with Gasteiger partial charge in [-0.25, -0.2) is 0 Å². The minimum Gasteiger partial charge on any atom is -0.302 e. The molecule has 0 amide bonds. The maximum absolute atomic E-state index is 6.07. The smallest absolute Gasteiger partial charge is 0.191 e. The molecular weight excluding hydrogens is 373 g/mol. The molecule has 0 saturated heterocycles. The van der Waals surface area contributed by atoms with Crippen molar-refractivity contribution in [1.29, 1.82) is 0 Å². The highest BCUT2D eigenvalue weighted by molar-refractivity contribution is 7.98. The van der Waals surface area contributed by atoms with Crippen LogP contribution in [0.3, 0.4) is 0 Å². The lowest BCUT2D eigenvalue weighted by molar-refractivity contribution is 0.498. The van der Waals surface area contributed by atoms with Gasteiger partial charge >= 0.3 is 0 Å². The van der Waals surface area contributed by atoms with Gasteiger partial charge < -0.3 is 4.57 Å². The van der Waals surface area contributed by atoms with Crippen LogP contribution in [-0.2, 0) is 12.3 Å². The minimum absolute atomic E-state index is 0.493. The molecule has 1 heterocycles. The summed E-state index contributed by atoms with van der Waals surface area (Å²) in [5.41, 5.74) is 2.19. The lowest BCUT2D eigenvalue weighted by Gasteiger charge is -2.12. The number of thioether (sulfide) groups is 1. The van der Waals surface area contributed by atoms with Crippen molar-refractivity contribution >= 4 is 35.0 Å². The Kier molecular flexibility index (Phi) is 6.05.